The van der Waals surface area contributed by atoms with Crippen LogP contribution < -0.4 is 4.74 Å². The average Bonchev–Trinajstić information content (AvgIpc) is 2.86. The van der Waals surface area contributed by atoms with Gasteiger partial charge in [-0.25, -0.2) is 4.79 Å². The number of aromatic nitrogens is 1. The van der Waals surface area contributed by atoms with E-state index in [1.54, 1.807) is 24.4 Å². The minimum Gasteiger partial charge on any atom is -0.442 e. The molecule has 19 heavy (non-hydrogen) atoms. The van der Waals surface area contributed by atoms with Gasteiger partial charge < -0.3 is 9.15 Å². The fraction of sp³-hybridized carbons (Fsp3) is 0. The molecule has 0 fully saturated rings. The summed E-state index contributed by atoms with van der Waals surface area (Å²) < 4.78 is 10.9. The minimum atomic E-state index is -0.552. The largest absolute Gasteiger partial charge is 0.442 e. The maximum absolute atomic E-state index is 11.9. The molecular formula is C14H8BrNO3. The summed E-state index contributed by atoms with van der Waals surface area (Å²) in [5.74, 6) is -0.000662. The number of ether oxygens (including phenoxy) is 1. The molecule has 3 rings (SSSR count). The highest BCUT2D eigenvalue weighted by atomic mass is 79.9. The van der Waals surface area contributed by atoms with Gasteiger partial charge >= 0.3 is 5.97 Å². The first-order valence-electron chi connectivity index (χ1n) is 5.55. The molecule has 0 saturated carbocycles. The topological polar surface area (TPSA) is 52.3 Å². The third kappa shape index (κ3) is 2.37. The van der Waals surface area contributed by atoms with Crippen LogP contribution in [-0.4, -0.2) is 11.0 Å². The van der Waals surface area contributed by atoms with Gasteiger partial charge in [0.1, 0.15) is 5.52 Å². The van der Waals surface area contributed by atoms with E-state index in [0.29, 0.717) is 15.9 Å². The molecule has 0 aliphatic carbocycles. The number of fused-ring (bicyclic) bond motifs is 1. The van der Waals surface area contributed by atoms with E-state index in [0.717, 1.165) is 5.39 Å². The van der Waals surface area contributed by atoms with Crippen molar-refractivity contribution in [2.75, 3.05) is 0 Å². The highest BCUT2D eigenvalue weighted by molar-refractivity contribution is 9.10. The molecule has 0 radical (unpaired) electrons. The van der Waals surface area contributed by atoms with E-state index in [4.69, 9.17) is 9.15 Å². The molecule has 0 amide bonds. The van der Waals surface area contributed by atoms with Crippen LogP contribution in [0.4, 0.5) is 0 Å². The Balaban J connectivity index is 1.95. The number of nitrogens with zero attached hydrogens (tertiary/aromatic N) is 1. The third-order valence-electron chi connectivity index (χ3n) is 2.57. The highest BCUT2D eigenvalue weighted by Crippen LogP contribution is 2.24. The normalized spacial score (nSPS) is 10.6. The predicted molar refractivity (Wildman–Crippen MR) is 73.1 cm³/mol. The fourth-order valence-electron chi connectivity index (χ4n) is 1.73. The number of carbonyl (C=O) groups is 1. The van der Waals surface area contributed by atoms with Crippen LogP contribution >= 0.6 is 15.9 Å². The molecule has 94 valence electrons. The van der Waals surface area contributed by atoms with Crippen molar-refractivity contribution >= 4 is 32.8 Å². The smallest absolute Gasteiger partial charge is 0.379 e. The molecule has 2 aromatic heterocycles. The summed E-state index contributed by atoms with van der Waals surface area (Å²) in [6.45, 7) is 0. The summed E-state index contributed by atoms with van der Waals surface area (Å²) >= 11 is 3.14. The third-order valence-corrected chi connectivity index (χ3v) is 3.00. The Labute approximate surface area is 117 Å². The first kappa shape index (κ1) is 11.9. The van der Waals surface area contributed by atoms with Crippen molar-refractivity contribution < 1.29 is 13.9 Å². The summed E-state index contributed by atoms with van der Waals surface area (Å²) in [4.78, 5) is 16.1. The molecule has 1 aromatic carbocycles. The van der Waals surface area contributed by atoms with Gasteiger partial charge in [-0.3, -0.25) is 4.98 Å². The summed E-state index contributed by atoms with van der Waals surface area (Å²) in [5.41, 5.74) is 0.643. The number of para-hydroxylation sites is 1. The zero-order valence-electron chi connectivity index (χ0n) is 9.67. The van der Waals surface area contributed by atoms with E-state index in [-0.39, 0.29) is 5.76 Å². The Morgan fingerprint density at radius 3 is 2.79 bits per heavy atom. The van der Waals surface area contributed by atoms with Gasteiger partial charge in [-0.1, -0.05) is 18.2 Å². The fourth-order valence-corrected chi connectivity index (χ4v) is 2.04. The molecule has 0 aliphatic heterocycles. The number of pyridine rings is 1. The summed E-state index contributed by atoms with van der Waals surface area (Å²) in [7, 11) is 0. The van der Waals surface area contributed by atoms with Gasteiger partial charge in [0.25, 0.3) is 0 Å². The van der Waals surface area contributed by atoms with Gasteiger partial charge in [0.05, 0.1) is 0 Å². The van der Waals surface area contributed by atoms with Crippen LogP contribution in [0.25, 0.3) is 10.9 Å². The van der Waals surface area contributed by atoms with E-state index in [9.17, 15) is 4.79 Å². The molecule has 0 aliphatic rings. The molecule has 0 N–H and O–H groups in total. The number of carbonyl (C=O) groups excluding carboxylic acids is 1. The quantitative estimate of drug-likeness (QED) is 0.532. The molecule has 0 atom stereocenters. The lowest BCUT2D eigenvalue weighted by molar-refractivity contribution is 0.0702. The molecular weight excluding hydrogens is 310 g/mol. The number of halogens is 1. The number of benzene rings is 1. The molecule has 0 spiro atoms. The lowest BCUT2D eigenvalue weighted by Gasteiger charge is -2.05. The lowest BCUT2D eigenvalue weighted by atomic mass is 10.2. The van der Waals surface area contributed by atoms with Gasteiger partial charge in [-0.05, 0) is 40.2 Å². The lowest BCUT2D eigenvalue weighted by Crippen LogP contribution is -2.07. The van der Waals surface area contributed by atoms with Crippen LogP contribution in [0.2, 0.25) is 0 Å². The number of hydrogen-bond donors (Lipinski definition) is 0. The Hall–Kier alpha value is -2.14. The maximum atomic E-state index is 11.9. The SMILES string of the molecule is O=C(Oc1cccc2cccnc12)c1ccc(Br)o1. The van der Waals surface area contributed by atoms with E-state index in [1.807, 2.05) is 24.3 Å². The van der Waals surface area contributed by atoms with Crippen molar-refractivity contribution in [1.82, 2.24) is 4.98 Å². The number of rotatable bonds is 2. The predicted octanol–water partition coefficient (Wildman–Crippen LogP) is 3.81. The minimum absolute atomic E-state index is 0.139. The van der Waals surface area contributed by atoms with Crippen LogP contribution in [-0.2, 0) is 0 Å². The molecule has 0 saturated heterocycles. The average molecular weight is 318 g/mol. The molecule has 0 bridgehead atoms. The maximum Gasteiger partial charge on any atom is 0.379 e. The molecule has 0 unspecified atom stereocenters. The van der Waals surface area contributed by atoms with Crippen LogP contribution in [0.5, 0.6) is 5.75 Å². The Morgan fingerprint density at radius 1 is 1.16 bits per heavy atom. The molecule has 5 heteroatoms. The number of hydrogen-bond acceptors (Lipinski definition) is 4. The van der Waals surface area contributed by atoms with Gasteiger partial charge in [-0.15, -0.1) is 0 Å². The second-order valence-corrected chi connectivity index (χ2v) is 4.61. The summed E-state index contributed by atoms with van der Waals surface area (Å²) in [6.07, 6.45) is 1.66. The summed E-state index contributed by atoms with van der Waals surface area (Å²) in [5, 5.41) is 0.911. The van der Waals surface area contributed by atoms with Gasteiger partial charge in [0.15, 0.2) is 10.4 Å². The van der Waals surface area contributed by atoms with Crippen molar-refractivity contribution in [2.45, 2.75) is 0 Å². The molecule has 2 heterocycles. The van der Waals surface area contributed by atoms with Crippen LogP contribution in [0.15, 0.2) is 57.7 Å². The van der Waals surface area contributed by atoms with Gasteiger partial charge in [0, 0.05) is 11.6 Å². The second-order valence-electron chi connectivity index (χ2n) is 3.82. The van der Waals surface area contributed by atoms with E-state index < -0.39 is 5.97 Å². The Kier molecular flexibility index (Phi) is 3.05. The highest BCUT2D eigenvalue weighted by Gasteiger charge is 2.14. The van der Waals surface area contributed by atoms with Crippen molar-refractivity contribution in [3.63, 3.8) is 0 Å². The molecule has 4 nitrogen and oxygen atoms in total. The monoisotopic (exact) mass is 317 g/mol. The first-order valence-corrected chi connectivity index (χ1v) is 6.34. The van der Waals surface area contributed by atoms with Crippen molar-refractivity contribution in [3.05, 3.63) is 59.1 Å². The van der Waals surface area contributed by atoms with Crippen LogP contribution in [0, 0.1) is 0 Å². The number of furan rings is 1. The second kappa shape index (κ2) is 4.85. The Bertz CT molecular complexity index is 746. The van der Waals surface area contributed by atoms with Crippen molar-refractivity contribution in [1.29, 1.82) is 0 Å². The zero-order valence-corrected chi connectivity index (χ0v) is 11.3. The molecule has 3 aromatic rings. The Morgan fingerprint density at radius 2 is 2.00 bits per heavy atom. The standard InChI is InChI=1S/C14H8BrNO3/c15-12-7-6-11(18-12)14(17)19-10-5-1-3-9-4-2-8-16-13(9)10/h1-8H. The summed E-state index contributed by atoms with van der Waals surface area (Å²) in [6, 6.07) is 12.3. The first-order chi connectivity index (χ1) is 9.24. The van der Waals surface area contributed by atoms with Crippen LogP contribution in [0.3, 0.4) is 0 Å². The zero-order chi connectivity index (χ0) is 13.2. The van der Waals surface area contributed by atoms with E-state index >= 15 is 0 Å². The number of esters is 1. The van der Waals surface area contributed by atoms with E-state index in [1.165, 1.54) is 0 Å². The van der Waals surface area contributed by atoms with Gasteiger partial charge in [0.2, 0.25) is 5.76 Å². The van der Waals surface area contributed by atoms with Crippen LogP contribution in [0.1, 0.15) is 10.6 Å². The van der Waals surface area contributed by atoms with Crippen molar-refractivity contribution in [2.24, 2.45) is 0 Å². The van der Waals surface area contributed by atoms with Gasteiger partial charge in [-0.2, -0.15) is 0 Å². The van der Waals surface area contributed by atoms with E-state index in [2.05, 4.69) is 20.9 Å². The van der Waals surface area contributed by atoms with Crippen molar-refractivity contribution in [3.8, 4) is 5.75 Å².